The lowest BCUT2D eigenvalue weighted by atomic mass is 9.55. The molecule has 32 heavy (non-hydrogen) atoms. The number of hydrogen-bond acceptors (Lipinski definition) is 4. The Bertz CT molecular complexity index is 737. The first-order chi connectivity index (χ1) is 15.4. The van der Waals surface area contributed by atoms with E-state index in [1.807, 2.05) is 27.7 Å². The Hall–Kier alpha value is -1.65. The van der Waals surface area contributed by atoms with Crippen molar-refractivity contribution in [2.24, 2.45) is 17.3 Å². The maximum Gasteiger partial charge on any atom is 0.154 e. The molecule has 180 valence electrons. The van der Waals surface area contributed by atoms with Crippen molar-refractivity contribution in [3.05, 3.63) is 42.0 Å². The Morgan fingerprint density at radius 1 is 1.16 bits per heavy atom. The van der Waals surface area contributed by atoms with Gasteiger partial charge in [-0.3, -0.25) is 4.79 Å². The van der Waals surface area contributed by atoms with Gasteiger partial charge in [-0.1, -0.05) is 19.1 Å². The molecule has 0 saturated heterocycles. The zero-order valence-corrected chi connectivity index (χ0v) is 21.1. The summed E-state index contributed by atoms with van der Waals surface area (Å²) in [6, 6.07) is 6.61. The monoisotopic (exact) mass is 444 g/mol. The van der Waals surface area contributed by atoms with E-state index in [0.29, 0.717) is 17.6 Å². The molecule has 0 amide bonds. The maximum atomic E-state index is 12.3. The van der Waals surface area contributed by atoms with Crippen LogP contribution in [0.5, 0.6) is 5.75 Å². The number of hydrogen-bond donors (Lipinski definition) is 0. The topological polar surface area (TPSA) is 44.8 Å². The summed E-state index contributed by atoms with van der Waals surface area (Å²) in [6.07, 6.45) is 8.32. The van der Waals surface area contributed by atoms with Gasteiger partial charge >= 0.3 is 0 Å². The van der Waals surface area contributed by atoms with Crippen LogP contribution in [0.15, 0.2) is 30.9 Å². The molecule has 0 unspecified atom stereocenters. The van der Waals surface area contributed by atoms with Gasteiger partial charge in [-0.05, 0) is 101 Å². The van der Waals surface area contributed by atoms with Crippen molar-refractivity contribution in [3.8, 4) is 5.75 Å². The van der Waals surface area contributed by atoms with Crippen LogP contribution in [0.25, 0.3) is 0 Å². The number of carbonyl (C=O) groups excluding carboxylic acids is 1. The largest absolute Gasteiger partial charge is 0.497 e. The summed E-state index contributed by atoms with van der Waals surface area (Å²) >= 11 is 0. The number of methoxy groups -OCH3 is 1. The van der Waals surface area contributed by atoms with E-state index in [2.05, 4.69) is 31.7 Å². The van der Waals surface area contributed by atoms with Crippen LogP contribution in [0.4, 0.5) is 0 Å². The third-order valence-corrected chi connectivity index (χ3v) is 7.45. The zero-order valence-electron chi connectivity index (χ0n) is 21.1. The standard InChI is InChI=1S/C19H24O2.C6H14O2.C3H6/c1-19-10-9-15-14-6-4-13(21-2)11-12(14)3-5-16(15)17(19)7-8-18(19)20;1-4-7-6(3)8-5-2;1-3-2/h4,6,11,15-17H,3,5,7-10H2,1-2H3;6H,4-5H2,1-3H3;3H,1H2,2H3/t15-,16-,17+,19+;;/m1../s1. The van der Waals surface area contributed by atoms with Crippen molar-refractivity contribution >= 4 is 5.78 Å². The molecule has 0 aliphatic heterocycles. The highest BCUT2D eigenvalue weighted by Gasteiger charge is 2.54. The molecule has 2 saturated carbocycles. The van der Waals surface area contributed by atoms with Gasteiger partial charge in [0, 0.05) is 25.0 Å². The summed E-state index contributed by atoms with van der Waals surface area (Å²) < 4.78 is 15.5. The molecule has 0 radical (unpaired) electrons. The van der Waals surface area contributed by atoms with Gasteiger partial charge in [0.1, 0.15) is 11.5 Å². The first-order valence-electron chi connectivity index (χ1n) is 12.4. The highest BCUT2D eigenvalue weighted by Crippen LogP contribution is 2.59. The molecule has 4 nitrogen and oxygen atoms in total. The van der Waals surface area contributed by atoms with Gasteiger partial charge < -0.3 is 14.2 Å². The maximum absolute atomic E-state index is 12.3. The normalized spacial score (nSPS) is 27.7. The predicted molar refractivity (Wildman–Crippen MR) is 131 cm³/mol. The van der Waals surface area contributed by atoms with Gasteiger partial charge in [-0.15, -0.1) is 6.58 Å². The van der Waals surface area contributed by atoms with Crippen LogP contribution < -0.4 is 4.74 Å². The Kier molecular flexibility index (Phi) is 10.4. The number of carbonyl (C=O) groups is 1. The lowest BCUT2D eigenvalue weighted by molar-refractivity contribution is -0.129. The molecule has 1 aromatic rings. The van der Waals surface area contributed by atoms with E-state index in [0.717, 1.165) is 50.6 Å². The molecule has 0 aromatic heterocycles. The van der Waals surface area contributed by atoms with Crippen molar-refractivity contribution in [2.45, 2.75) is 85.4 Å². The molecule has 4 atom stereocenters. The number of benzene rings is 1. The fourth-order valence-electron chi connectivity index (χ4n) is 5.97. The van der Waals surface area contributed by atoms with E-state index in [1.54, 1.807) is 13.2 Å². The van der Waals surface area contributed by atoms with Crippen molar-refractivity contribution in [1.29, 1.82) is 0 Å². The SMILES string of the molecule is C=CC.CCOC(C)OCC.COc1ccc2c(c1)CC[C@@H]1[C@@H]2CC[C@]2(C)C(=O)CC[C@@H]12. The lowest BCUT2D eigenvalue weighted by Gasteiger charge is -2.48. The van der Waals surface area contributed by atoms with E-state index in [9.17, 15) is 4.79 Å². The van der Waals surface area contributed by atoms with Gasteiger partial charge in [-0.2, -0.15) is 0 Å². The Morgan fingerprint density at radius 2 is 1.81 bits per heavy atom. The number of allylic oxidation sites excluding steroid dienone is 1. The fourth-order valence-corrected chi connectivity index (χ4v) is 5.97. The molecule has 0 spiro atoms. The van der Waals surface area contributed by atoms with Crippen molar-refractivity contribution in [1.82, 2.24) is 0 Å². The van der Waals surface area contributed by atoms with Crippen LogP contribution in [0.1, 0.15) is 83.8 Å². The first-order valence-corrected chi connectivity index (χ1v) is 12.4. The number of fused-ring (bicyclic) bond motifs is 5. The van der Waals surface area contributed by atoms with E-state index in [1.165, 1.54) is 24.0 Å². The third kappa shape index (κ3) is 6.02. The van der Waals surface area contributed by atoms with Gasteiger partial charge in [-0.25, -0.2) is 0 Å². The van der Waals surface area contributed by atoms with Gasteiger partial charge in [0.15, 0.2) is 6.29 Å². The van der Waals surface area contributed by atoms with Crippen molar-refractivity contribution in [3.63, 3.8) is 0 Å². The molecule has 3 aliphatic rings. The van der Waals surface area contributed by atoms with Gasteiger partial charge in [0.05, 0.1) is 7.11 Å². The van der Waals surface area contributed by atoms with Gasteiger partial charge in [0.2, 0.25) is 0 Å². The molecular formula is C28H44O4. The number of Topliss-reactive ketones (excluding diaryl/α,β-unsaturated/α-hetero) is 1. The number of ether oxygens (including phenoxy) is 3. The van der Waals surface area contributed by atoms with Crippen LogP contribution >= 0.6 is 0 Å². The highest BCUT2D eigenvalue weighted by molar-refractivity contribution is 5.87. The molecule has 1 aromatic carbocycles. The van der Waals surface area contributed by atoms with Gasteiger partial charge in [0.25, 0.3) is 0 Å². The first kappa shape index (κ1) is 26.6. The number of aryl methyl sites for hydroxylation is 1. The second-order valence-corrected chi connectivity index (χ2v) is 9.28. The Labute approximate surface area is 195 Å². The van der Waals surface area contributed by atoms with E-state index >= 15 is 0 Å². The highest BCUT2D eigenvalue weighted by atomic mass is 16.7. The average molecular weight is 445 g/mol. The summed E-state index contributed by atoms with van der Waals surface area (Å²) in [5, 5.41) is 0. The summed E-state index contributed by atoms with van der Waals surface area (Å²) in [4.78, 5) is 12.3. The Balaban J connectivity index is 0.000000280. The van der Waals surface area contributed by atoms with Crippen LogP contribution in [0.3, 0.4) is 0 Å². The second-order valence-electron chi connectivity index (χ2n) is 9.28. The van der Waals surface area contributed by atoms with Crippen LogP contribution in [0.2, 0.25) is 0 Å². The van der Waals surface area contributed by atoms with Crippen LogP contribution in [-0.4, -0.2) is 32.4 Å². The van der Waals surface area contributed by atoms with Crippen LogP contribution in [-0.2, 0) is 20.7 Å². The quantitative estimate of drug-likeness (QED) is 0.374. The average Bonchev–Trinajstić information content (AvgIpc) is 3.09. The Morgan fingerprint density at radius 3 is 2.41 bits per heavy atom. The minimum absolute atomic E-state index is 0.00879. The molecular weight excluding hydrogens is 400 g/mol. The number of rotatable bonds is 5. The minimum atomic E-state index is -0.0370. The summed E-state index contributed by atoms with van der Waals surface area (Å²) in [5.74, 6) is 3.52. The predicted octanol–water partition coefficient (Wildman–Crippen LogP) is 6.72. The molecule has 4 heteroatoms. The van der Waals surface area contributed by atoms with Crippen LogP contribution in [0, 0.1) is 17.3 Å². The molecule has 0 heterocycles. The molecule has 4 rings (SSSR count). The van der Waals surface area contributed by atoms with E-state index in [4.69, 9.17) is 14.2 Å². The summed E-state index contributed by atoms with van der Waals surface area (Å²) in [5.41, 5.74) is 3.00. The van der Waals surface area contributed by atoms with E-state index < -0.39 is 0 Å². The molecule has 2 fully saturated rings. The second kappa shape index (κ2) is 12.6. The summed E-state index contributed by atoms with van der Waals surface area (Å²) in [6.45, 7) is 14.7. The number of ketones is 1. The van der Waals surface area contributed by atoms with Crippen molar-refractivity contribution < 1.29 is 19.0 Å². The van der Waals surface area contributed by atoms with Crippen molar-refractivity contribution in [2.75, 3.05) is 20.3 Å². The zero-order chi connectivity index (χ0) is 23.7. The lowest BCUT2D eigenvalue weighted by Crippen LogP contribution is -2.42. The molecule has 3 aliphatic carbocycles. The minimum Gasteiger partial charge on any atom is -0.497 e. The molecule has 0 bridgehead atoms. The smallest absolute Gasteiger partial charge is 0.154 e. The summed E-state index contributed by atoms with van der Waals surface area (Å²) in [7, 11) is 1.74. The fraction of sp³-hybridized carbons (Fsp3) is 0.679. The third-order valence-electron chi connectivity index (χ3n) is 7.45. The molecule has 0 N–H and O–H groups in total. The van der Waals surface area contributed by atoms with E-state index in [-0.39, 0.29) is 11.7 Å².